The van der Waals surface area contributed by atoms with Gasteiger partial charge in [0.05, 0.1) is 19.3 Å². The first-order valence-corrected chi connectivity index (χ1v) is 7.37. The molecule has 0 bridgehead atoms. The maximum Gasteiger partial charge on any atom is 0.222 e. The predicted molar refractivity (Wildman–Crippen MR) is 75.0 cm³/mol. The number of ether oxygens (including phenoxy) is 1. The van der Waals surface area contributed by atoms with Gasteiger partial charge >= 0.3 is 0 Å². The van der Waals surface area contributed by atoms with Gasteiger partial charge in [-0.3, -0.25) is 4.79 Å². The zero-order valence-corrected chi connectivity index (χ0v) is 12.2. The summed E-state index contributed by atoms with van der Waals surface area (Å²) in [5.74, 6) is 0.256. The monoisotopic (exact) mass is 272 g/mol. The number of amides is 1. The molecule has 0 aromatic heterocycles. The maximum absolute atomic E-state index is 12.0. The molecule has 1 aliphatic heterocycles. The van der Waals surface area contributed by atoms with Crippen molar-refractivity contribution in [3.63, 3.8) is 0 Å². The van der Waals surface area contributed by atoms with Gasteiger partial charge in [0.2, 0.25) is 5.91 Å². The van der Waals surface area contributed by atoms with Crippen LogP contribution < -0.4 is 5.32 Å². The van der Waals surface area contributed by atoms with Crippen molar-refractivity contribution in [2.75, 3.05) is 32.8 Å². The third-order valence-corrected chi connectivity index (χ3v) is 3.36. The molecule has 1 aliphatic rings. The van der Waals surface area contributed by atoms with E-state index < -0.39 is 0 Å². The number of hydrogen-bond acceptors (Lipinski definition) is 4. The molecule has 5 nitrogen and oxygen atoms in total. The number of hydrogen-bond donors (Lipinski definition) is 2. The summed E-state index contributed by atoms with van der Waals surface area (Å²) in [4.78, 5) is 13.9. The van der Waals surface area contributed by atoms with Crippen LogP contribution in [0.25, 0.3) is 0 Å². The fraction of sp³-hybridized carbons (Fsp3) is 0.929. The van der Waals surface area contributed by atoms with Crippen LogP contribution in [-0.2, 0) is 9.53 Å². The second-order valence-corrected chi connectivity index (χ2v) is 5.39. The Labute approximate surface area is 116 Å². The molecular formula is C14H28N2O3. The van der Waals surface area contributed by atoms with Crippen LogP contribution in [0.4, 0.5) is 0 Å². The highest BCUT2D eigenvalue weighted by Gasteiger charge is 2.22. The fourth-order valence-electron chi connectivity index (χ4n) is 2.28. The van der Waals surface area contributed by atoms with Crippen LogP contribution in [0, 0.1) is 0 Å². The van der Waals surface area contributed by atoms with Gasteiger partial charge in [-0.05, 0) is 25.8 Å². The van der Waals surface area contributed by atoms with E-state index in [9.17, 15) is 4.79 Å². The summed E-state index contributed by atoms with van der Waals surface area (Å²) in [6.07, 6.45) is 3.50. The molecule has 1 heterocycles. The maximum atomic E-state index is 12.0. The summed E-state index contributed by atoms with van der Waals surface area (Å²) in [7, 11) is 0. The van der Waals surface area contributed by atoms with Crippen molar-refractivity contribution in [3.05, 3.63) is 0 Å². The lowest BCUT2D eigenvalue weighted by Gasteiger charge is -2.32. The topological polar surface area (TPSA) is 61.8 Å². The van der Waals surface area contributed by atoms with Gasteiger partial charge in [0, 0.05) is 25.6 Å². The van der Waals surface area contributed by atoms with Crippen molar-refractivity contribution >= 4 is 5.91 Å². The van der Waals surface area contributed by atoms with E-state index in [4.69, 9.17) is 9.84 Å². The van der Waals surface area contributed by atoms with E-state index in [1.54, 1.807) is 0 Å². The third kappa shape index (κ3) is 6.89. The number of nitrogens with zero attached hydrogens (tertiary/aromatic N) is 1. The average molecular weight is 272 g/mol. The summed E-state index contributed by atoms with van der Waals surface area (Å²) in [5, 5.41) is 12.0. The molecule has 0 aliphatic carbocycles. The first kappa shape index (κ1) is 16.4. The Bertz CT molecular complexity index is 251. The number of piperidine rings is 1. The highest BCUT2D eigenvalue weighted by atomic mass is 16.5. The van der Waals surface area contributed by atoms with Gasteiger partial charge in [0.1, 0.15) is 0 Å². The van der Waals surface area contributed by atoms with Gasteiger partial charge in [-0.2, -0.15) is 0 Å². The number of aliphatic hydroxyl groups excluding tert-OH is 1. The van der Waals surface area contributed by atoms with Crippen LogP contribution in [0.3, 0.4) is 0 Å². The lowest BCUT2D eigenvalue weighted by Crippen LogP contribution is -2.41. The number of likely N-dealkylation sites (tertiary alicyclic amines) is 1. The first-order chi connectivity index (χ1) is 9.13. The minimum Gasteiger partial charge on any atom is -0.394 e. The van der Waals surface area contributed by atoms with E-state index in [1.165, 1.54) is 0 Å². The summed E-state index contributed by atoms with van der Waals surface area (Å²) >= 11 is 0. The largest absolute Gasteiger partial charge is 0.394 e. The third-order valence-electron chi connectivity index (χ3n) is 3.36. The molecule has 112 valence electrons. The Balaban J connectivity index is 2.11. The fourth-order valence-corrected chi connectivity index (χ4v) is 2.28. The van der Waals surface area contributed by atoms with E-state index in [0.29, 0.717) is 19.1 Å². The van der Waals surface area contributed by atoms with Crippen molar-refractivity contribution in [1.29, 1.82) is 0 Å². The van der Waals surface area contributed by atoms with Gasteiger partial charge in [0.25, 0.3) is 0 Å². The van der Waals surface area contributed by atoms with E-state index in [2.05, 4.69) is 19.2 Å². The Kier molecular flexibility index (Phi) is 8.02. The summed E-state index contributed by atoms with van der Waals surface area (Å²) in [5.41, 5.74) is 0. The first-order valence-electron chi connectivity index (χ1n) is 7.37. The number of carbonyl (C=O) groups is 1. The van der Waals surface area contributed by atoms with Crippen molar-refractivity contribution in [3.8, 4) is 0 Å². The molecule has 0 radical (unpaired) electrons. The Morgan fingerprint density at radius 2 is 2.11 bits per heavy atom. The zero-order chi connectivity index (χ0) is 14.1. The standard InChI is InChI=1S/C14H28N2O3/c1-12(2)15-7-3-4-14(18)16-8-5-13(6-9-16)19-11-10-17/h12-13,15,17H,3-11H2,1-2H3. The molecule has 5 heteroatoms. The molecule has 0 spiro atoms. The SMILES string of the molecule is CC(C)NCCCC(=O)N1CCC(OCCO)CC1. The lowest BCUT2D eigenvalue weighted by molar-refractivity contribution is -0.134. The highest BCUT2D eigenvalue weighted by molar-refractivity contribution is 5.76. The zero-order valence-electron chi connectivity index (χ0n) is 12.2. The molecule has 0 saturated carbocycles. The lowest BCUT2D eigenvalue weighted by atomic mass is 10.1. The van der Waals surface area contributed by atoms with E-state index in [1.807, 2.05) is 4.90 Å². The second-order valence-electron chi connectivity index (χ2n) is 5.39. The average Bonchev–Trinajstić information content (AvgIpc) is 2.41. The highest BCUT2D eigenvalue weighted by Crippen LogP contribution is 2.14. The van der Waals surface area contributed by atoms with Crippen LogP contribution in [-0.4, -0.2) is 60.9 Å². The van der Waals surface area contributed by atoms with Gasteiger partial charge in [-0.25, -0.2) is 0 Å². The number of aliphatic hydroxyl groups is 1. The Morgan fingerprint density at radius 1 is 1.42 bits per heavy atom. The predicted octanol–water partition coefficient (Wildman–Crippen LogP) is 0.765. The molecule has 0 aromatic rings. The molecular weight excluding hydrogens is 244 g/mol. The molecule has 1 saturated heterocycles. The Hall–Kier alpha value is -0.650. The molecule has 1 fully saturated rings. The van der Waals surface area contributed by atoms with Crippen molar-refractivity contribution in [2.24, 2.45) is 0 Å². The van der Waals surface area contributed by atoms with Crippen LogP contribution >= 0.6 is 0 Å². The van der Waals surface area contributed by atoms with E-state index in [0.717, 1.165) is 38.9 Å². The number of nitrogens with one attached hydrogen (secondary N) is 1. The normalized spacial score (nSPS) is 17.2. The molecule has 0 atom stereocenters. The minimum absolute atomic E-state index is 0.0714. The quantitative estimate of drug-likeness (QED) is 0.641. The van der Waals surface area contributed by atoms with Crippen molar-refractivity contribution < 1.29 is 14.6 Å². The minimum atomic E-state index is 0.0714. The van der Waals surface area contributed by atoms with Crippen molar-refractivity contribution in [2.45, 2.75) is 51.7 Å². The smallest absolute Gasteiger partial charge is 0.222 e. The summed E-state index contributed by atoms with van der Waals surface area (Å²) in [6.45, 7) is 7.16. The molecule has 2 N–H and O–H groups in total. The number of rotatable bonds is 8. The summed E-state index contributed by atoms with van der Waals surface area (Å²) in [6, 6.07) is 0.481. The number of carbonyl (C=O) groups excluding carboxylic acids is 1. The molecule has 0 aromatic carbocycles. The summed E-state index contributed by atoms with van der Waals surface area (Å²) < 4.78 is 5.49. The van der Waals surface area contributed by atoms with Gasteiger partial charge in [-0.1, -0.05) is 13.8 Å². The van der Waals surface area contributed by atoms with Crippen LogP contribution in [0.5, 0.6) is 0 Å². The molecule has 19 heavy (non-hydrogen) atoms. The van der Waals surface area contributed by atoms with Crippen LogP contribution in [0.15, 0.2) is 0 Å². The van der Waals surface area contributed by atoms with E-state index in [-0.39, 0.29) is 18.6 Å². The van der Waals surface area contributed by atoms with Crippen LogP contribution in [0.2, 0.25) is 0 Å². The van der Waals surface area contributed by atoms with Gasteiger partial charge < -0.3 is 20.1 Å². The van der Waals surface area contributed by atoms with E-state index >= 15 is 0 Å². The molecule has 1 amide bonds. The van der Waals surface area contributed by atoms with Gasteiger partial charge in [0.15, 0.2) is 0 Å². The molecule has 1 rings (SSSR count). The van der Waals surface area contributed by atoms with Crippen molar-refractivity contribution in [1.82, 2.24) is 10.2 Å². The second kappa shape index (κ2) is 9.28. The van der Waals surface area contributed by atoms with Crippen LogP contribution in [0.1, 0.15) is 39.5 Å². The van der Waals surface area contributed by atoms with Gasteiger partial charge in [-0.15, -0.1) is 0 Å². The molecule has 0 unspecified atom stereocenters. The Morgan fingerprint density at radius 3 is 2.68 bits per heavy atom.